The quantitative estimate of drug-likeness (QED) is 0.128. The molecule has 0 spiro atoms. The van der Waals surface area contributed by atoms with E-state index in [4.69, 9.17) is 5.11 Å². The lowest BCUT2D eigenvalue weighted by molar-refractivity contribution is -0.143. The third-order valence-corrected chi connectivity index (χ3v) is 6.70. The standard InChI is InChI=1S/C28H54O4/c1-2-3-4-5-6-7-8-9-10-11-12-13-14-15-16-17-18-19-20-21-23-26(28(31)32)24-22-25-27(29)30/h26H,2-25H2,1H3,(H,29,30)(H,31,32). The summed E-state index contributed by atoms with van der Waals surface area (Å²) in [6, 6.07) is 0. The first-order valence-electron chi connectivity index (χ1n) is 14.0. The third kappa shape index (κ3) is 23.6. The molecule has 0 aliphatic carbocycles. The van der Waals surface area contributed by atoms with Gasteiger partial charge in [0.05, 0.1) is 5.92 Å². The molecule has 2 N–H and O–H groups in total. The minimum absolute atomic E-state index is 0.0725. The van der Waals surface area contributed by atoms with Crippen molar-refractivity contribution < 1.29 is 19.8 Å². The number of carboxylic acid groups (broad SMARTS) is 2. The molecular weight excluding hydrogens is 400 g/mol. The van der Waals surface area contributed by atoms with Crippen LogP contribution in [0.15, 0.2) is 0 Å². The van der Waals surface area contributed by atoms with Gasteiger partial charge < -0.3 is 10.2 Å². The smallest absolute Gasteiger partial charge is 0.306 e. The fourth-order valence-electron chi connectivity index (χ4n) is 4.54. The predicted octanol–water partition coefficient (Wildman–Crippen LogP) is 9.15. The number of aliphatic carboxylic acids is 2. The van der Waals surface area contributed by atoms with E-state index in [9.17, 15) is 14.7 Å². The van der Waals surface area contributed by atoms with Crippen LogP contribution in [0.2, 0.25) is 0 Å². The molecule has 0 aromatic rings. The number of hydrogen-bond acceptors (Lipinski definition) is 2. The van der Waals surface area contributed by atoms with Crippen LogP contribution in [0, 0.1) is 5.92 Å². The fourth-order valence-corrected chi connectivity index (χ4v) is 4.54. The second-order valence-electron chi connectivity index (χ2n) is 9.83. The molecule has 0 aromatic heterocycles. The fraction of sp³-hybridized carbons (Fsp3) is 0.929. The molecule has 0 amide bonds. The molecule has 0 fully saturated rings. The van der Waals surface area contributed by atoms with Gasteiger partial charge >= 0.3 is 11.9 Å². The first kappa shape index (κ1) is 30.9. The van der Waals surface area contributed by atoms with Crippen LogP contribution in [-0.2, 0) is 9.59 Å². The van der Waals surface area contributed by atoms with Gasteiger partial charge in [0, 0.05) is 6.42 Å². The molecule has 0 saturated heterocycles. The molecule has 1 atom stereocenters. The SMILES string of the molecule is CCCCCCCCCCCCCCCCCCCCCCC(CCCC(=O)O)C(=O)O. The van der Waals surface area contributed by atoms with E-state index in [1.807, 2.05) is 0 Å². The zero-order chi connectivity index (χ0) is 23.7. The lowest BCUT2D eigenvalue weighted by atomic mass is 9.95. The van der Waals surface area contributed by atoms with Gasteiger partial charge in [-0.2, -0.15) is 0 Å². The normalized spacial score (nSPS) is 12.2. The van der Waals surface area contributed by atoms with Crippen LogP contribution in [0.25, 0.3) is 0 Å². The third-order valence-electron chi connectivity index (χ3n) is 6.70. The van der Waals surface area contributed by atoms with E-state index >= 15 is 0 Å². The molecule has 0 radical (unpaired) electrons. The maximum atomic E-state index is 11.3. The molecule has 0 aromatic carbocycles. The van der Waals surface area contributed by atoms with E-state index in [1.165, 1.54) is 116 Å². The summed E-state index contributed by atoms with van der Waals surface area (Å²) in [6.07, 6.45) is 28.6. The Morgan fingerprint density at radius 2 is 0.812 bits per heavy atom. The molecule has 32 heavy (non-hydrogen) atoms. The summed E-state index contributed by atoms with van der Waals surface area (Å²) in [4.78, 5) is 21.8. The van der Waals surface area contributed by atoms with Crippen molar-refractivity contribution in [3.8, 4) is 0 Å². The van der Waals surface area contributed by atoms with Crippen molar-refractivity contribution in [1.82, 2.24) is 0 Å². The van der Waals surface area contributed by atoms with Gasteiger partial charge in [0.2, 0.25) is 0 Å². The van der Waals surface area contributed by atoms with Crippen LogP contribution < -0.4 is 0 Å². The van der Waals surface area contributed by atoms with Crippen molar-refractivity contribution in [1.29, 1.82) is 0 Å². The van der Waals surface area contributed by atoms with E-state index in [2.05, 4.69) is 6.92 Å². The minimum Gasteiger partial charge on any atom is -0.481 e. The summed E-state index contributed by atoms with van der Waals surface area (Å²) >= 11 is 0. The highest BCUT2D eigenvalue weighted by molar-refractivity contribution is 5.70. The molecule has 0 rings (SSSR count). The molecule has 0 aliphatic rings. The van der Waals surface area contributed by atoms with Gasteiger partial charge in [-0.05, 0) is 19.3 Å². The summed E-state index contributed by atoms with van der Waals surface area (Å²) in [6.45, 7) is 2.28. The van der Waals surface area contributed by atoms with Gasteiger partial charge in [0.15, 0.2) is 0 Å². The van der Waals surface area contributed by atoms with Gasteiger partial charge in [-0.1, -0.05) is 135 Å². The molecule has 0 aliphatic heterocycles. The summed E-state index contributed by atoms with van der Waals surface area (Å²) in [5.74, 6) is -1.98. The van der Waals surface area contributed by atoms with E-state index in [-0.39, 0.29) is 12.3 Å². The number of rotatable bonds is 26. The van der Waals surface area contributed by atoms with Crippen molar-refractivity contribution in [3.63, 3.8) is 0 Å². The Morgan fingerprint density at radius 1 is 0.500 bits per heavy atom. The molecule has 4 nitrogen and oxygen atoms in total. The first-order valence-corrected chi connectivity index (χ1v) is 14.0. The van der Waals surface area contributed by atoms with E-state index in [0.717, 1.165) is 12.8 Å². The van der Waals surface area contributed by atoms with Crippen LogP contribution >= 0.6 is 0 Å². The summed E-state index contributed by atoms with van der Waals surface area (Å²) in [7, 11) is 0. The van der Waals surface area contributed by atoms with Gasteiger partial charge in [0.1, 0.15) is 0 Å². The number of carboxylic acids is 2. The topological polar surface area (TPSA) is 74.6 Å². The molecule has 1 unspecified atom stereocenters. The maximum absolute atomic E-state index is 11.3. The maximum Gasteiger partial charge on any atom is 0.306 e. The summed E-state index contributed by atoms with van der Waals surface area (Å²) < 4.78 is 0. The van der Waals surface area contributed by atoms with Crippen molar-refractivity contribution in [2.45, 2.75) is 161 Å². The van der Waals surface area contributed by atoms with Gasteiger partial charge in [-0.3, -0.25) is 9.59 Å². The van der Waals surface area contributed by atoms with Crippen molar-refractivity contribution in [2.75, 3.05) is 0 Å². The average Bonchev–Trinajstić information content (AvgIpc) is 2.76. The van der Waals surface area contributed by atoms with Crippen LogP contribution in [0.1, 0.15) is 161 Å². The highest BCUT2D eigenvalue weighted by Crippen LogP contribution is 2.19. The monoisotopic (exact) mass is 454 g/mol. The second kappa shape index (κ2) is 24.6. The molecule has 190 valence electrons. The highest BCUT2D eigenvalue weighted by Gasteiger charge is 2.16. The lowest BCUT2D eigenvalue weighted by Gasteiger charge is -2.11. The van der Waals surface area contributed by atoms with E-state index < -0.39 is 11.9 Å². The van der Waals surface area contributed by atoms with Crippen LogP contribution in [0.5, 0.6) is 0 Å². The Balaban J connectivity index is 3.27. The molecule has 4 heteroatoms. The van der Waals surface area contributed by atoms with E-state index in [1.54, 1.807) is 0 Å². The van der Waals surface area contributed by atoms with E-state index in [0.29, 0.717) is 19.3 Å². The Hall–Kier alpha value is -1.06. The van der Waals surface area contributed by atoms with Crippen LogP contribution in [0.3, 0.4) is 0 Å². The predicted molar refractivity (Wildman–Crippen MR) is 135 cm³/mol. The number of hydrogen-bond donors (Lipinski definition) is 2. The Morgan fingerprint density at radius 3 is 1.12 bits per heavy atom. The van der Waals surface area contributed by atoms with Crippen molar-refractivity contribution in [2.24, 2.45) is 5.92 Å². The molecule has 0 heterocycles. The molecule has 0 saturated carbocycles. The molecule has 0 bridgehead atoms. The van der Waals surface area contributed by atoms with Gasteiger partial charge in [-0.25, -0.2) is 0 Å². The van der Waals surface area contributed by atoms with Crippen molar-refractivity contribution >= 4 is 11.9 Å². The Bertz CT molecular complexity index is 422. The Kier molecular flexibility index (Phi) is 23.8. The highest BCUT2D eigenvalue weighted by atomic mass is 16.4. The molecular formula is C28H54O4. The lowest BCUT2D eigenvalue weighted by Crippen LogP contribution is -2.14. The summed E-state index contributed by atoms with van der Waals surface area (Å²) in [5, 5.41) is 17.9. The van der Waals surface area contributed by atoms with Gasteiger partial charge in [-0.15, -0.1) is 0 Å². The zero-order valence-corrected chi connectivity index (χ0v) is 21.3. The van der Waals surface area contributed by atoms with Crippen LogP contribution in [-0.4, -0.2) is 22.2 Å². The van der Waals surface area contributed by atoms with Gasteiger partial charge in [0.25, 0.3) is 0 Å². The Labute approximate surface area is 199 Å². The number of carbonyl (C=O) groups is 2. The van der Waals surface area contributed by atoms with Crippen LogP contribution in [0.4, 0.5) is 0 Å². The minimum atomic E-state index is -0.840. The zero-order valence-electron chi connectivity index (χ0n) is 21.3. The summed E-state index contributed by atoms with van der Waals surface area (Å²) in [5.41, 5.74) is 0. The number of unbranched alkanes of at least 4 members (excludes halogenated alkanes) is 19. The largest absolute Gasteiger partial charge is 0.481 e. The first-order chi connectivity index (χ1) is 15.6. The van der Waals surface area contributed by atoms with Crippen molar-refractivity contribution in [3.05, 3.63) is 0 Å². The second-order valence-corrected chi connectivity index (χ2v) is 9.83. The average molecular weight is 455 g/mol.